The molecule has 4 N–H and O–H groups in total. The van der Waals surface area contributed by atoms with E-state index in [0.717, 1.165) is 0 Å². The normalized spacial score (nSPS) is 3.16. The minimum absolute atomic E-state index is 0. The second kappa shape index (κ2) is 109. The molecule has 0 aromatic heterocycles. The van der Waals surface area contributed by atoms with Crippen LogP contribution in [0.25, 0.3) is 0 Å². The molecule has 4 nitrogen and oxygen atoms in total. The summed E-state index contributed by atoms with van der Waals surface area (Å²) in [7, 11) is 0. The van der Waals surface area contributed by atoms with Crippen LogP contribution in [0.5, 0.6) is 0 Å². The van der Waals surface area contributed by atoms with Crippen molar-refractivity contribution in [3.63, 3.8) is 0 Å². The third-order valence-electron chi connectivity index (χ3n) is 0. The van der Waals surface area contributed by atoms with Crippen molar-refractivity contribution in [3.8, 4) is 0 Å². The standard InChI is InChI=1S/CH4.10FH.2H2O.2O.4Zr/h1H4;10*1H;2*1H2;;;;;;/q;;;;;;;;;;;;;;;;;2*+3/p-6. The molecule has 0 rings (SSSR count). The molecule has 19 heavy (non-hydrogen) atoms. The van der Waals surface area contributed by atoms with E-state index in [-0.39, 0.29) is 37.2 Å². The van der Waals surface area contributed by atoms with E-state index in [1.165, 1.54) is 0 Å². The van der Waals surface area contributed by atoms with E-state index < -0.39 is 47.2 Å². The van der Waals surface area contributed by atoms with Gasteiger partial charge in [-0.3, -0.25) is 18.8 Å². The van der Waals surface area contributed by atoms with Crippen LogP contribution in [-0.4, -0.2) is 11.0 Å². The second-order valence-electron chi connectivity index (χ2n) is 0.429. The van der Waals surface area contributed by atoms with Gasteiger partial charge in [-0.25, -0.2) is 0 Å². The van der Waals surface area contributed by atoms with Gasteiger partial charge in [0.05, 0.1) is 0 Å². The van der Waals surface area contributed by atoms with Crippen LogP contribution in [0.2, 0.25) is 0 Å². The van der Waals surface area contributed by atoms with Gasteiger partial charge in [0.25, 0.3) is 0 Å². The van der Waals surface area contributed by atoms with Crippen LogP contribution in [0.3, 0.4) is 0 Å². The molecule has 0 fully saturated rings. The third kappa shape index (κ3) is 1240. The quantitative estimate of drug-likeness (QED) is 0.377. The molecule has 0 unspecified atom stereocenters. The van der Waals surface area contributed by atoms with Crippen molar-refractivity contribution in [1.29, 1.82) is 0 Å². The van der Waals surface area contributed by atoms with Crippen molar-refractivity contribution >= 4 is 0 Å². The van der Waals surface area contributed by atoms with Crippen LogP contribution in [0.1, 0.15) is 7.43 Å². The van der Waals surface area contributed by atoms with E-state index in [1.807, 2.05) is 0 Å². The molecular weight excluding hydrogens is 631 g/mol. The Morgan fingerprint density at radius 1 is 0.526 bits per heavy atom. The van der Waals surface area contributed by atoms with E-state index in [9.17, 15) is 15.8 Å². The van der Waals surface area contributed by atoms with Crippen LogP contribution in [0.4, 0.5) is 34.6 Å². The molecule has 126 valence electrons. The minimum atomic E-state index is -5.04. The van der Waals surface area contributed by atoms with Crippen molar-refractivity contribution in [3.05, 3.63) is 0 Å². The molecule has 18 heteroatoms. The molecule has 0 spiro atoms. The van der Waals surface area contributed by atoms with Gasteiger partial charge in [0.2, 0.25) is 0 Å². The van der Waals surface area contributed by atoms with Gasteiger partial charge in [0.15, 0.2) is 0 Å². The Bertz CT molecular complexity index is 62.0. The monoisotopic (exact) mass is 638 g/mol. The Kier molecular flexibility index (Phi) is 475. The Morgan fingerprint density at radius 2 is 0.526 bits per heavy atom. The number of hydrogen-bond acceptors (Lipinski definition) is 2. The van der Waals surface area contributed by atoms with Crippen molar-refractivity contribution < 1.29 is 148 Å². The van der Waals surface area contributed by atoms with Gasteiger partial charge in [-0.2, -0.15) is 0 Å². The summed E-state index contributed by atoms with van der Waals surface area (Å²) in [6.07, 6.45) is 0. The molecule has 0 saturated carbocycles. The van der Waals surface area contributed by atoms with Crippen molar-refractivity contribution in [2.45, 2.75) is 7.43 Å². The van der Waals surface area contributed by atoms with Crippen molar-refractivity contribution in [2.24, 2.45) is 0 Å². The third-order valence-corrected chi connectivity index (χ3v) is 0. The fourth-order valence-corrected chi connectivity index (χ4v) is 0. The van der Waals surface area contributed by atoms with E-state index in [2.05, 4.69) is 0 Å². The fourth-order valence-electron chi connectivity index (χ4n) is 0. The Morgan fingerprint density at radius 3 is 0.526 bits per heavy atom. The molecule has 0 heterocycles. The van der Waals surface area contributed by atoms with Crippen LogP contribution in [-0.2, 0) is 102 Å². The molecule has 0 aliphatic rings. The van der Waals surface area contributed by atoms with E-state index in [4.69, 9.17) is 5.63 Å². The average molecular weight is 643 g/mol. The summed E-state index contributed by atoms with van der Waals surface area (Å²) < 4.78 is 75.9. The summed E-state index contributed by atoms with van der Waals surface area (Å²) in [6, 6.07) is 0. The summed E-state index contributed by atoms with van der Waals surface area (Å²) in [5.74, 6) is 0. The Hall–Kier alpha value is 2.35. The number of rotatable bonds is 0. The zero-order valence-electron chi connectivity index (χ0n) is 7.72. The molecule has 0 aromatic carbocycles. The first-order valence-electron chi connectivity index (χ1n) is 1.54. The fraction of sp³-hybridized carbons (Fsp3) is 1.00. The first-order valence-corrected chi connectivity index (χ1v) is 9.12. The Balaban J connectivity index is -0.00000000460. The molecule has 0 bridgehead atoms. The van der Waals surface area contributed by atoms with Gasteiger partial charge < -0.3 is 11.0 Å². The molecule has 0 amide bonds. The average Bonchev–Trinajstić information content (AvgIpc) is 1.93. The molecule has 0 atom stereocenters. The Labute approximate surface area is 153 Å². The summed E-state index contributed by atoms with van der Waals surface area (Å²) >= 11 is -9.49. The van der Waals surface area contributed by atoms with Gasteiger partial charge in [-0.05, 0) is 0 Å². The van der Waals surface area contributed by atoms with Gasteiger partial charge in [-0.1, -0.05) is 7.43 Å². The van der Waals surface area contributed by atoms with Crippen LogP contribution < -0.4 is 0 Å². The van der Waals surface area contributed by atoms with Gasteiger partial charge in [-0.15, -0.1) is 0 Å². The SMILES string of the molecule is C.F.F.F.F.O.O.[F][Zr]([F])[F].[F][Zr]([F])[F].[O]=[Zr].[O]=[Zr]. The van der Waals surface area contributed by atoms with Gasteiger partial charge >= 0.3 is 118 Å². The van der Waals surface area contributed by atoms with Crippen molar-refractivity contribution in [2.75, 3.05) is 0 Å². The first-order chi connectivity index (χ1) is 5.46. The number of hydrogen-bond donors (Lipinski definition) is 0. The van der Waals surface area contributed by atoms with Crippen LogP contribution in [0, 0.1) is 0 Å². The summed E-state index contributed by atoms with van der Waals surface area (Å²) in [5, 5.41) is 0. The molecule has 0 radical (unpaired) electrons. The topological polar surface area (TPSA) is 97.1 Å². The summed E-state index contributed by atoms with van der Waals surface area (Å²) in [5.41, 5.74) is 0. The predicted molar refractivity (Wildman–Crippen MR) is 32.0 cm³/mol. The first kappa shape index (κ1) is 82.5. The predicted octanol–water partition coefficient (Wildman–Crippen LogP) is 1.87. The molecule has 0 aliphatic heterocycles. The zero-order valence-corrected chi connectivity index (χ0v) is 17.5. The molecule has 0 saturated heterocycles. The van der Waals surface area contributed by atoms with Gasteiger partial charge in [0.1, 0.15) is 0 Å². The van der Waals surface area contributed by atoms with Crippen LogP contribution >= 0.6 is 0 Å². The van der Waals surface area contributed by atoms with E-state index in [1.54, 1.807) is 0 Å². The van der Waals surface area contributed by atoms with Crippen LogP contribution in [0.15, 0.2) is 0 Å². The van der Waals surface area contributed by atoms with Crippen molar-refractivity contribution in [1.82, 2.24) is 0 Å². The molecule has 0 aliphatic carbocycles. The zero-order chi connectivity index (χ0) is 11.2. The van der Waals surface area contributed by atoms with E-state index >= 15 is 0 Å². The maximum atomic E-state index is 9.86. The number of halogens is 10. The maximum absolute atomic E-state index is 9.86. The summed E-state index contributed by atoms with van der Waals surface area (Å²) in [4.78, 5) is 0. The molecule has 0 aromatic rings. The van der Waals surface area contributed by atoms with Gasteiger partial charge in [0, 0.05) is 0 Å². The molecular formula is CH12F10O4Zr4. The summed E-state index contributed by atoms with van der Waals surface area (Å²) in [6.45, 7) is 0. The second-order valence-corrected chi connectivity index (χ2v) is 2.54. The van der Waals surface area contributed by atoms with E-state index in [0.29, 0.717) is 49.4 Å².